The van der Waals surface area contributed by atoms with Crippen LogP contribution in [-0.2, 0) is 5.75 Å². The highest BCUT2D eigenvalue weighted by molar-refractivity contribution is 7.98. The highest BCUT2D eigenvalue weighted by Gasteiger charge is 2.04. The summed E-state index contributed by atoms with van der Waals surface area (Å²) < 4.78 is 2.15. The second-order valence-corrected chi connectivity index (χ2v) is 5.59. The van der Waals surface area contributed by atoms with Gasteiger partial charge in [-0.2, -0.15) is 0 Å². The van der Waals surface area contributed by atoms with Crippen LogP contribution in [0.3, 0.4) is 0 Å². The van der Waals surface area contributed by atoms with Gasteiger partial charge in [0.05, 0.1) is 11.9 Å². The zero-order valence-corrected chi connectivity index (χ0v) is 11.5. The molecule has 2 N–H and O–H groups in total. The molecule has 0 saturated heterocycles. The Labute approximate surface area is 116 Å². The molecule has 0 atom stereocenters. The van der Waals surface area contributed by atoms with E-state index in [2.05, 4.69) is 40.7 Å². The lowest BCUT2D eigenvalue weighted by molar-refractivity contribution is 1.08. The summed E-state index contributed by atoms with van der Waals surface area (Å²) in [7, 11) is 0. The van der Waals surface area contributed by atoms with E-state index in [4.69, 9.17) is 5.73 Å². The molecule has 0 fully saturated rings. The number of rotatable bonds is 3. The van der Waals surface area contributed by atoms with Crippen LogP contribution in [0.2, 0.25) is 0 Å². The van der Waals surface area contributed by atoms with Gasteiger partial charge in [0.1, 0.15) is 5.65 Å². The summed E-state index contributed by atoms with van der Waals surface area (Å²) in [5, 5.41) is 0. The smallest absolute Gasteiger partial charge is 0.136 e. The number of anilines is 1. The number of aromatic nitrogens is 2. The molecule has 96 valence electrons. The van der Waals surface area contributed by atoms with Gasteiger partial charge in [0, 0.05) is 22.5 Å². The number of nitrogens with zero attached hydrogens (tertiary/aromatic N) is 2. The van der Waals surface area contributed by atoms with Crippen LogP contribution < -0.4 is 5.73 Å². The highest BCUT2D eigenvalue weighted by Crippen LogP contribution is 2.24. The van der Waals surface area contributed by atoms with Crippen molar-refractivity contribution in [2.24, 2.45) is 0 Å². The average Bonchev–Trinajstić information content (AvgIpc) is 2.80. The summed E-state index contributed by atoms with van der Waals surface area (Å²) >= 11 is 1.79. The van der Waals surface area contributed by atoms with Crippen molar-refractivity contribution < 1.29 is 0 Å². The first-order valence-corrected chi connectivity index (χ1v) is 7.12. The normalized spacial score (nSPS) is 11.0. The summed E-state index contributed by atoms with van der Waals surface area (Å²) in [4.78, 5) is 5.64. The Morgan fingerprint density at radius 1 is 1.16 bits per heavy atom. The molecule has 0 aliphatic rings. The molecule has 3 rings (SSSR count). The number of fused-ring (bicyclic) bond motifs is 1. The molecule has 0 aliphatic heterocycles. The van der Waals surface area contributed by atoms with Crippen molar-refractivity contribution in [3.63, 3.8) is 0 Å². The molecular weight excluding hydrogens is 254 g/mol. The van der Waals surface area contributed by atoms with Gasteiger partial charge in [-0.15, -0.1) is 11.8 Å². The largest absolute Gasteiger partial charge is 0.399 e. The fraction of sp³-hybridized carbons (Fsp3) is 0.133. The molecule has 0 unspecified atom stereocenters. The van der Waals surface area contributed by atoms with Gasteiger partial charge in [-0.05, 0) is 42.8 Å². The predicted octanol–water partition coefficient (Wildman–Crippen LogP) is 3.52. The number of aryl methyl sites for hydroxylation is 1. The number of imidazole rings is 1. The molecule has 0 amide bonds. The minimum Gasteiger partial charge on any atom is -0.399 e. The summed E-state index contributed by atoms with van der Waals surface area (Å²) in [6.07, 6.45) is 4.07. The van der Waals surface area contributed by atoms with E-state index in [1.54, 1.807) is 11.8 Å². The summed E-state index contributed by atoms with van der Waals surface area (Å²) in [6.45, 7) is 2.09. The molecule has 3 nitrogen and oxygen atoms in total. The summed E-state index contributed by atoms with van der Waals surface area (Å²) in [5.41, 5.74) is 9.93. The van der Waals surface area contributed by atoms with Crippen molar-refractivity contribution in [3.05, 3.63) is 60.0 Å². The van der Waals surface area contributed by atoms with Crippen LogP contribution in [0, 0.1) is 6.92 Å². The van der Waals surface area contributed by atoms with Crippen LogP contribution in [0.4, 0.5) is 5.69 Å². The third kappa shape index (κ3) is 2.58. The number of thioether (sulfide) groups is 1. The van der Waals surface area contributed by atoms with E-state index in [1.807, 2.05) is 24.4 Å². The molecular formula is C15H15N3S. The number of nitrogens with two attached hydrogens (primary N) is 1. The number of pyridine rings is 1. The Morgan fingerprint density at radius 3 is 2.74 bits per heavy atom. The lowest BCUT2D eigenvalue weighted by atomic mass is 10.3. The minimum absolute atomic E-state index is 0.801. The van der Waals surface area contributed by atoms with Gasteiger partial charge in [0.25, 0.3) is 0 Å². The van der Waals surface area contributed by atoms with Crippen LogP contribution in [0.15, 0.2) is 53.7 Å². The fourth-order valence-corrected chi connectivity index (χ4v) is 2.82. The van der Waals surface area contributed by atoms with Crippen molar-refractivity contribution in [3.8, 4) is 0 Å². The van der Waals surface area contributed by atoms with E-state index < -0.39 is 0 Å². The van der Waals surface area contributed by atoms with Crippen molar-refractivity contribution >= 4 is 23.1 Å². The second kappa shape index (κ2) is 4.97. The Morgan fingerprint density at radius 2 is 1.95 bits per heavy atom. The molecule has 0 saturated carbocycles. The Bertz CT molecular complexity index is 701. The van der Waals surface area contributed by atoms with E-state index in [1.165, 1.54) is 16.2 Å². The monoisotopic (exact) mass is 269 g/mol. The Balaban J connectivity index is 1.81. The fourth-order valence-electron chi connectivity index (χ4n) is 1.97. The SMILES string of the molecule is Cc1ccc2ncc(CSc3ccc(N)cc3)n2c1. The molecule has 2 aromatic heterocycles. The summed E-state index contributed by atoms with van der Waals surface area (Å²) in [5.74, 6) is 0.897. The molecule has 0 radical (unpaired) electrons. The Hall–Kier alpha value is -1.94. The molecule has 19 heavy (non-hydrogen) atoms. The van der Waals surface area contributed by atoms with Gasteiger partial charge in [-0.1, -0.05) is 6.07 Å². The van der Waals surface area contributed by atoms with E-state index in [-0.39, 0.29) is 0 Å². The maximum Gasteiger partial charge on any atom is 0.136 e. The molecule has 1 aromatic carbocycles. The van der Waals surface area contributed by atoms with Crippen molar-refractivity contribution in [1.82, 2.24) is 9.38 Å². The lowest BCUT2D eigenvalue weighted by Crippen LogP contribution is -1.91. The van der Waals surface area contributed by atoms with E-state index in [9.17, 15) is 0 Å². The van der Waals surface area contributed by atoms with Gasteiger partial charge in [0.2, 0.25) is 0 Å². The second-order valence-electron chi connectivity index (χ2n) is 4.54. The van der Waals surface area contributed by atoms with E-state index >= 15 is 0 Å². The molecule has 4 heteroatoms. The maximum absolute atomic E-state index is 5.69. The van der Waals surface area contributed by atoms with Gasteiger partial charge < -0.3 is 10.1 Å². The topological polar surface area (TPSA) is 43.3 Å². The quantitative estimate of drug-likeness (QED) is 0.584. The number of hydrogen-bond donors (Lipinski definition) is 1. The van der Waals surface area contributed by atoms with Crippen molar-refractivity contribution in [1.29, 1.82) is 0 Å². The average molecular weight is 269 g/mol. The Kier molecular flexibility index (Phi) is 3.17. The molecule has 0 bridgehead atoms. The molecule has 0 spiro atoms. The maximum atomic E-state index is 5.69. The van der Waals surface area contributed by atoms with Crippen molar-refractivity contribution in [2.75, 3.05) is 5.73 Å². The van der Waals surface area contributed by atoms with E-state index in [0.717, 1.165) is 17.1 Å². The minimum atomic E-state index is 0.801. The predicted molar refractivity (Wildman–Crippen MR) is 80.3 cm³/mol. The van der Waals surface area contributed by atoms with Gasteiger partial charge >= 0.3 is 0 Å². The van der Waals surface area contributed by atoms with Crippen molar-refractivity contribution in [2.45, 2.75) is 17.6 Å². The number of benzene rings is 1. The zero-order valence-electron chi connectivity index (χ0n) is 10.7. The van der Waals surface area contributed by atoms with Gasteiger partial charge in [-0.3, -0.25) is 0 Å². The zero-order chi connectivity index (χ0) is 13.2. The van der Waals surface area contributed by atoms with Crippen LogP contribution in [0.1, 0.15) is 11.3 Å². The molecule has 2 heterocycles. The first kappa shape index (κ1) is 12.1. The number of nitrogen functional groups attached to an aromatic ring is 1. The first-order valence-electron chi connectivity index (χ1n) is 6.13. The standard InChI is InChI=1S/C15H15N3S/c1-11-2-7-15-17-8-13(18(15)9-11)10-19-14-5-3-12(16)4-6-14/h2-9H,10,16H2,1H3. The van der Waals surface area contributed by atoms with Crippen LogP contribution in [0.5, 0.6) is 0 Å². The lowest BCUT2D eigenvalue weighted by Gasteiger charge is -2.03. The first-order chi connectivity index (χ1) is 9.22. The van der Waals surface area contributed by atoms with Gasteiger partial charge in [-0.25, -0.2) is 4.98 Å². The highest BCUT2D eigenvalue weighted by atomic mass is 32.2. The van der Waals surface area contributed by atoms with Crippen LogP contribution >= 0.6 is 11.8 Å². The number of hydrogen-bond acceptors (Lipinski definition) is 3. The van der Waals surface area contributed by atoms with Gasteiger partial charge in [0.15, 0.2) is 0 Å². The van der Waals surface area contributed by atoms with Crippen LogP contribution in [-0.4, -0.2) is 9.38 Å². The summed E-state index contributed by atoms with van der Waals surface area (Å²) in [6, 6.07) is 12.1. The third-order valence-corrected chi connectivity index (χ3v) is 4.04. The molecule has 0 aliphatic carbocycles. The van der Waals surface area contributed by atoms with Crippen LogP contribution in [0.25, 0.3) is 5.65 Å². The molecule has 3 aromatic rings. The third-order valence-electron chi connectivity index (χ3n) is 3.00. The van der Waals surface area contributed by atoms with E-state index in [0.29, 0.717) is 0 Å².